The summed E-state index contributed by atoms with van der Waals surface area (Å²) in [7, 11) is 0. The van der Waals surface area contributed by atoms with E-state index in [-0.39, 0.29) is 11.8 Å². The number of nitrogens with two attached hydrogens (primary N) is 1. The van der Waals surface area contributed by atoms with Gasteiger partial charge < -0.3 is 11.1 Å². The van der Waals surface area contributed by atoms with Gasteiger partial charge >= 0.3 is 0 Å². The van der Waals surface area contributed by atoms with Crippen LogP contribution in [0.25, 0.3) is 5.69 Å². The number of para-hydroxylation sites is 1. The molecule has 22 heavy (non-hydrogen) atoms. The molecule has 3 N–H and O–H groups in total. The van der Waals surface area contributed by atoms with Gasteiger partial charge in [0.25, 0.3) is 0 Å². The van der Waals surface area contributed by atoms with Gasteiger partial charge in [-0.25, -0.2) is 4.68 Å². The van der Waals surface area contributed by atoms with Crippen LogP contribution in [0.2, 0.25) is 0 Å². The second-order valence-corrected chi connectivity index (χ2v) is 6.27. The van der Waals surface area contributed by atoms with Crippen molar-refractivity contribution in [1.82, 2.24) is 9.78 Å². The zero-order valence-corrected chi connectivity index (χ0v) is 12.8. The molecule has 3 rings (SSSR count). The molecule has 0 bridgehead atoms. The van der Waals surface area contributed by atoms with Crippen molar-refractivity contribution in [1.29, 1.82) is 0 Å². The molecule has 2 unspecified atom stereocenters. The number of aromatic nitrogens is 2. The van der Waals surface area contributed by atoms with E-state index in [9.17, 15) is 4.79 Å². The number of benzene rings is 1. The molecular weight excluding hydrogens is 276 g/mol. The Morgan fingerprint density at radius 2 is 2.09 bits per heavy atom. The molecule has 1 aliphatic carbocycles. The Morgan fingerprint density at radius 3 is 2.82 bits per heavy atom. The van der Waals surface area contributed by atoms with Crippen LogP contribution in [0.1, 0.15) is 32.6 Å². The van der Waals surface area contributed by atoms with E-state index in [0.717, 1.165) is 31.4 Å². The molecular formula is C17H22N4O. The number of anilines is 1. The number of carbonyl (C=O) groups is 1. The Balaban J connectivity index is 1.71. The summed E-state index contributed by atoms with van der Waals surface area (Å²) in [5.74, 6) is 0.390. The summed E-state index contributed by atoms with van der Waals surface area (Å²) in [5.41, 5.74) is 6.82. The predicted octanol–water partition coefficient (Wildman–Crippen LogP) is 2.72. The Hall–Kier alpha value is -2.14. The van der Waals surface area contributed by atoms with Crippen LogP contribution in [0.15, 0.2) is 42.6 Å². The maximum atomic E-state index is 12.5. The summed E-state index contributed by atoms with van der Waals surface area (Å²) in [6, 6.07) is 11.6. The molecule has 1 aromatic heterocycles. The zero-order valence-electron chi connectivity index (χ0n) is 12.8. The van der Waals surface area contributed by atoms with Crippen LogP contribution in [0.3, 0.4) is 0 Å². The lowest BCUT2D eigenvalue weighted by atomic mass is 9.74. The van der Waals surface area contributed by atoms with E-state index in [1.165, 1.54) is 0 Å². The predicted molar refractivity (Wildman–Crippen MR) is 86.7 cm³/mol. The monoisotopic (exact) mass is 298 g/mol. The summed E-state index contributed by atoms with van der Waals surface area (Å²) in [5, 5.41) is 7.31. The lowest BCUT2D eigenvalue weighted by Gasteiger charge is -2.37. The standard InChI is InChI=1S/C17H22N4O/c1-17(18)11-6-5-9-14(17)16(22)19-15-10-12-21(20-15)13-7-3-2-4-8-13/h2-4,7-8,10,12,14H,5-6,9,11,18H2,1H3,(H,19,20,22). The number of amides is 1. The molecule has 1 aromatic carbocycles. The number of rotatable bonds is 3. The zero-order chi connectivity index (χ0) is 15.6. The first-order valence-corrected chi connectivity index (χ1v) is 7.77. The smallest absolute Gasteiger partial charge is 0.230 e. The first-order valence-electron chi connectivity index (χ1n) is 7.77. The second kappa shape index (κ2) is 5.93. The molecule has 116 valence electrons. The highest BCUT2D eigenvalue weighted by atomic mass is 16.2. The van der Waals surface area contributed by atoms with Gasteiger partial charge in [0.2, 0.25) is 5.91 Å². The van der Waals surface area contributed by atoms with Gasteiger partial charge in [0.1, 0.15) is 0 Å². The Morgan fingerprint density at radius 1 is 1.32 bits per heavy atom. The first kappa shape index (κ1) is 14.8. The summed E-state index contributed by atoms with van der Waals surface area (Å²) < 4.78 is 1.75. The van der Waals surface area contributed by atoms with Crippen molar-refractivity contribution in [3.63, 3.8) is 0 Å². The molecule has 5 heteroatoms. The van der Waals surface area contributed by atoms with E-state index in [4.69, 9.17) is 5.73 Å². The number of carbonyl (C=O) groups excluding carboxylic acids is 1. The van der Waals surface area contributed by atoms with E-state index >= 15 is 0 Å². The average molecular weight is 298 g/mol. The minimum atomic E-state index is -0.426. The van der Waals surface area contributed by atoms with Gasteiger partial charge in [0, 0.05) is 17.8 Å². The quantitative estimate of drug-likeness (QED) is 0.915. The fourth-order valence-corrected chi connectivity index (χ4v) is 3.12. The van der Waals surface area contributed by atoms with Crippen LogP contribution >= 0.6 is 0 Å². The molecule has 0 saturated heterocycles. The van der Waals surface area contributed by atoms with Crippen LogP contribution in [0.4, 0.5) is 5.82 Å². The fourth-order valence-electron chi connectivity index (χ4n) is 3.12. The largest absolute Gasteiger partial charge is 0.325 e. The maximum Gasteiger partial charge on any atom is 0.230 e. The highest BCUT2D eigenvalue weighted by Gasteiger charge is 2.37. The summed E-state index contributed by atoms with van der Waals surface area (Å²) in [6.45, 7) is 1.97. The van der Waals surface area contributed by atoms with Gasteiger partial charge in [0.15, 0.2) is 5.82 Å². The van der Waals surface area contributed by atoms with Crippen LogP contribution < -0.4 is 11.1 Å². The summed E-state index contributed by atoms with van der Waals surface area (Å²) in [6.07, 6.45) is 5.73. The molecule has 1 heterocycles. The highest BCUT2D eigenvalue weighted by Crippen LogP contribution is 2.32. The van der Waals surface area contributed by atoms with Crippen molar-refractivity contribution in [2.45, 2.75) is 38.1 Å². The Kier molecular flexibility index (Phi) is 3.98. The Bertz CT molecular complexity index is 648. The third kappa shape index (κ3) is 3.04. The van der Waals surface area contributed by atoms with E-state index in [1.54, 1.807) is 4.68 Å². The summed E-state index contributed by atoms with van der Waals surface area (Å²) in [4.78, 5) is 12.5. The van der Waals surface area contributed by atoms with Crippen molar-refractivity contribution in [2.75, 3.05) is 5.32 Å². The maximum absolute atomic E-state index is 12.5. The molecule has 1 fully saturated rings. The van der Waals surface area contributed by atoms with Gasteiger partial charge in [-0.1, -0.05) is 31.0 Å². The number of nitrogens with zero attached hydrogens (tertiary/aromatic N) is 2. The van der Waals surface area contributed by atoms with Gasteiger partial charge in [-0.2, -0.15) is 5.10 Å². The van der Waals surface area contributed by atoms with Crippen LogP contribution in [0.5, 0.6) is 0 Å². The van der Waals surface area contributed by atoms with Crippen molar-refractivity contribution in [2.24, 2.45) is 11.7 Å². The molecule has 0 aliphatic heterocycles. The van der Waals surface area contributed by atoms with Crippen molar-refractivity contribution in [3.8, 4) is 5.69 Å². The minimum Gasteiger partial charge on any atom is -0.325 e. The van der Waals surface area contributed by atoms with E-state index in [1.807, 2.05) is 49.5 Å². The van der Waals surface area contributed by atoms with E-state index in [2.05, 4.69) is 10.4 Å². The number of hydrogen-bond donors (Lipinski definition) is 2. The lowest BCUT2D eigenvalue weighted by molar-refractivity contribution is -0.122. The molecule has 0 spiro atoms. The van der Waals surface area contributed by atoms with Gasteiger partial charge in [-0.3, -0.25) is 4.79 Å². The number of hydrogen-bond acceptors (Lipinski definition) is 3. The lowest BCUT2D eigenvalue weighted by Crippen LogP contribution is -2.51. The third-order valence-corrected chi connectivity index (χ3v) is 4.43. The fraction of sp³-hybridized carbons (Fsp3) is 0.412. The minimum absolute atomic E-state index is 0.0250. The highest BCUT2D eigenvalue weighted by molar-refractivity contribution is 5.92. The topological polar surface area (TPSA) is 72.9 Å². The van der Waals surface area contributed by atoms with Crippen LogP contribution in [-0.2, 0) is 4.79 Å². The summed E-state index contributed by atoms with van der Waals surface area (Å²) >= 11 is 0. The molecule has 5 nitrogen and oxygen atoms in total. The number of nitrogens with one attached hydrogen (secondary N) is 1. The molecule has 0 radical (unpaired) electrons. The SMILES string of the molecule is CC1(N)CCCCC1C(=O)Nc1ccn(-c2ccccc2)n1. The van der Waals surface area contributed by atoms with Crippen LogP contribution in [0, 0.1) is 5.92 Å². The Labute approximate surface area is 130 Å². The van der Waals surface area contributed by atoms with Crippen LogP contribution in [-0.4, -0.2) is 21.2 Å². The van der Waals surface area contributed by atoms with E-state index in [0.29, 0.717) is 5.82 Å². The molecule has 1 amide bonds. The van der Waals surface area contributed by atoms with Crippen molar-refractivity contribution in [3.05, 3.63) is 42.6 Å². The first-order chi connectivity index (χ1) is 10.6. The van der Waals surface area contributed by atoms with Gasteiger partial charge in [0.05, 0.1) is 11.6 Å². The van der Waals surface area contributed by atoms with Crippen molar-refractivity contribution < 1.29 is 4.79 Å². The molecule has 2 atom stereocenters. The van der Waals surface area contributed by atoms with Crippen molar-refractivity contribution >= 4 is 11.7 Å². The normalized spacial score (nSPS) is 24.9. The average Bonchev–Trinajstić information content (AvgIpc) is 2.96. The van der Waals surface area contributed by atoms with E-state index < -0.39 is 5.54 Å². The van der Waals surface area contributed by atoms with Gasteiger partial charge in [-0.05, 0) is 31.9 Å². The van der Waals surface area contributed by atoms with Gasteiger partial charge in [-0.15, -0.1) is 0 Å². The molecule has 1 saturated carbocycles. The second-order valence-electron chi connectivity index (χ2n) is 6.27. The molecule has 1 aliphatic rings. The third-order valence-electron chi connectivity index (χ3n) is 4.43. The molecule has 2 aromatic rings.